The summed E-state index contributed by atoms with van der Waals surface area (Å²) in [6.07, 6.45) is 2.11. The van der Waals surface area contributed by atoms with Crippen LogP contribution in [0, 0.1) is 11.8 Å². The maximum atomic E-state index is 11.2. The average Bonchev–Trinajstić information content (AvgIpc) is 2.08. The van der Waals surface area contributed by atoms with Crippen LogP contribution in [0.3, 0.4) is 0 Å². The van der Waals surface area contributed by atoms with Gasteiger partial charge in [0.05, 0.1) is 12.0 Å². The van der Waals surface area contributed by atoms with Gasteiger partial charge in [0.2, 0.25) is 0 Å². The van der Waals surface area contributed by atoms with Gasteiger partial charge < -0.3 is 5.11 Å². The maximum Gasteiger partial charge on any atom is 0.153 e. The van der Waals surface area contributed by atoms with Gasteiger partial charge in [-0.05, 0) is 25.2 Å². The lowest BCUT2D eigenvalue weighted by molar-refractivity contribution is -0.126. The highest BCUT2D eigenvalue weighted by Crippen LogP contribution is 2.29. The van der Waals surface area contributed by atoms with Gasteiger partial charge in [-0.3, -0.25) is 4.79 Å². The van der Waals surface area contributed by atoms with Gasteiger partial charge in [0.1, 0.15) is 0 Å². The first-order valence-electron chi connectivity index (χ1n) is 4.42. The third-order valence-electron chi connectivity index (χ3n) is 2.62. The van der Waals surface area contributed by atoms with Gasteiger partial charge >= 0.3 is 0 Å². The summed E-state index contributed by atoms with van der Waals surface area (Å²) in [6, 6.07) is 0. The summed E-state index contributed by atoms with van der Waals surface area (Å²) >= 11 is 5.44. The Labute approximate surface area is 77.9 Å². The fourth-order valence-electron chi connectivity index (χ4n) is 1.81. The number of rotatable bonds is 2. The fraction of sp³-hybridized carbons (Fsp3) is 0.889. The molecule has 1 rings (SSSR count). The molecule has 0 spiro atoms. The van der Waals surface area contributed by atoms with Gasteiger partial charge in [0.15, 0.2) is 5.78 Å². The minimum Gasteiger partial charge on any atom is -0.392 e. The van der Waals surface area contributed by atoms with E-state index < -0.39 is 6.10 Å². The molecule has 0 amide bonds. The van der Waals surface area contributed by atoms with Crippen molar-refractivity contribution in [2.75, 3.05) is 5.88 Å². The zero-order valence-electron chi connectivity index (χ0n) is 7.29. The summed E-state index contributed by atoms with van der Waals surface area (Å²) in [5.74, 6) is 0.376. The zero-order chi connectivity index (χ0) is 9.14. The van der Waals surface area contributed by atoms with Crippen molar-refractivity contribution < 1.29 is 9.90 Å². The summed E-state index contributed by atoms with van der Waals surface area (Å²) in [5, 5.41) is 9.51. The number of halogens is 1. The Kier molecular flexibility index (Phi) is 3.53. The molecule has 12 heavy (non-hydrogen) atoms. The van der Waals surface area contributed by atoms with E-state index >= 15 is 0 Å². The molecule has 1 aliphatic rings. The molecule has 1 fully saturated rings. The molecule has 0 bridgehead atoms. The van der Waals surface area contributed by atoms with Gasteiger partial charge in [-0.1, -0.05) is 6.92 Å². The molecule has 3 heteroatoms. The number of hydrogen-bond donors (Lipinski definition) is 1. The van der Waals surface area contributed by atoms with Gasteiger partial charge in [-0.2, -0.15) is 0 Å². The van der Waals surface area contributed by atoms with Crippen LogP contribution in [0.25, 0.3) is 0 Å². The Balaban J connectivity index is 2.54. The molecule has 0 unspecified atom stereocenters. The standard InChI is InChI=1S/C9H15ClO2/c1-6-2-3-8(11)7(4-6)9(12)5-10/h6-8,11H,2-5H2,1H3/t6-,7-,8-/m1/s1. The molecule has 2 nitrogen and oxygen atoms in total. The van der Waals surface area contributed by atoms with E-state index in [1.807, 2.05) is 0 Å². The number of carbonyl (C=O) groups excluding carboxylic acids is 1. The smallest absolute Gasteiger partial charge is 0.153 e. The molecule has 0 aromatic heterocycles. The van der Waals surface area contributed by atoms with Crippen molar-refractivity contribution in [3.05, 3.63) is 0 Å². The minimum atomic E-state index is -0.451. The summed E-state index contributed by atoms with van der Waals surface area (Å²) in [7, 11) is 0. The molecule has 0 aromatic carbocycles. The third kappa shape index (κ3) is 2.20. The van der Waals surface area contributed by atoms with Gasteiger partial charge in [-0.15, -0.1) is 11.6 Å². The largest absolute Gasteiger partial charge is 0.392 e. The van der Waals surface area contributed by atoms with Crippen LogP contribution in [-0.2, 0) is 4.79 Å². The summed E-state index contributed by atoms with van der Waals surface area (Å²) in [6.45, 7) is 2.11. The molecule has 0 aliphatic heterocycles. The van der Waals surface area contributed by atoms with E-state index in [0.717, 1.165) is 19.3 Å². The zero-order valence-corrected chi connectivity index (χ0v) is 8.05. The Morgan fingerprint density at radius 2 is 2.25 bits per heavy atom. The molecule has 1 aliphatic carbocycles. The number of alkyl halides is 1. The Hall–Kier alpha value is -0.0800. The van der Waals surface area contributed by atoms with E-state index in [1.54, 1.807) is 0 Å². The fourth-order valence-corrected chi connectivity index (χ4v) is 2.01. The summed E-state index contributed by atoms with van der Waals surface area (Å²) < 4.78 is 0. The first-order chi connectivity index (χ1) is 5.65. The molecule has 3 atom stereocenters. The highest BCUT2D eigenvalue weighted by atomic mass is 35.5. The van der Waals surface area contributed by atoms with Gasteiger partial charge in [0, 0.05) is 5.92 Å². The van der Waals surface area contributed by atoms with Crippen LogP contribution in [0.15, 0.2) is 0 Å². The normalized spacial score (nSPS) is 36.4. The van der Waals surface area contributed by atoms with Gasteiger partial charge in [0.25, 0.3) is 0 Å². The molecular weight excluding hydrogens is 176 g/mol. The van der Waals surface area contributed by atoms with E-state index in [9.17, 15) is 9.90 Å². The van der Waals surface area contributed by atoms with Crippen molar-refractivity contribution in [2.24, 2.45) is 11.8 Å². The van der Waals surface area contributed by atoms with Crippen molar-refractivity contribution in [2.45, 2.75) is 32.3 Å². The van der Waals surface area contributed by atoms with Crippen LogP contribution in [0.1, 0.15) is 26.2 Å². The topological polar surface area (TPSA) is 37.3 Å². The third-order valence-corrected chi connectivity index (χ3v) is 2.88. The molecule has 1 N–H and O–H groups in total. The van der Waals surface area contributed by atoms with Crippen molar-refractivity contribution in [3.8, 4) is 0 Å². The minimum absolute atomic E-state index is 0.00397. The molecule has 1 saturated carbocycles. The van der Waals surface area contributed by atoms with Crippen LogP contribution in [-0.4, -0.2) is 22.9 Å². The van der Waals surface area contributed by atoms with Crippen molar-refractivity contribution in [3.63, 3.8) is 0 Å². The Bertz CT molecular complexity index is 170. The van der Waals surface area contributed by atoms with Crippen LogP contribution >= 0.6 is 11.6 Å². The second kappa shape index (κ2) is 4.24. The average molecular weight is 191 g/mol. The van der Waals surface area contributed by atoms with Crippen molar-refractivity contribution in [1.29, 1.82) is 0 Å². The molecular formula is C9H15ClO2. The monoisotopic (exact) mass is 190 g/mol. The van der Waals surface area contributed by atoms with E-state index in [2.05, 4.69) is 6.92 Å². The van der Waals surface area contributed by atoms with E-state index in [4.69, 9.17) is 11.6 Å². The molecule has 0 saturated heterocycles. The number of ketones is 1. The lowest BCUT2D eigenvalue weighted by Crippen LogP contribution is -2.34. The lowest BCUT2D eigenvalue weighted by Gasteiger charge is -2.29. The SMILES string of the molecule is C[C@@H]1CC[C@@H](O)[C@H](C(=O)CCl)C1. The predicted molar refractivity (Wildman–Crippen MR) is 48.2 cm³/mol. The molecule has 0 heterocycles. The molecule has 70 valence electrons. The number of carbonyl (C=O) groups is 1. The van der Waals surface area contributed by atoms with E-state index in [1.165, 1.54) is 0 Å². The molecule has 0 aromatic rings. The van der Waals surface area contributed by atoms with Crippen LogP contribution in [0.2, 0.25) is 0 Å². The Morgan fingerprint density at radius 1 is 1.58 bits per heavy atom. The first kappa shape index (κ1) is 10.0. The second-order valence-corrected chi connectivity index (χ2v) is 3.96. The number of aliphatic hydroxyl groups excluding tert-OH is 1. The van der Waals surface area contributed by atoms with E-state index in [-0.39, 0.29) is 17.6 Å². The van der Waals surface area contributed by atoms with Crippen molar-refractivity contribution >= 4 is 17.4 Å². The number of aliphatic hydroxyl groups is 1. The number of hydrogen-bond acceptors (Lipinski definition) is 2. The lowest BCUT2D eigenvalue weighted by atomic mass is 9.78. The quantitative estimate of drug-likeness (QED) is 0.672. The second-order valence-electron chi connectivity index (χ2n) is 3.69. The number of Topliss-reactive ketones (excluding diaryl/α,β-unsaturated/α-hetero) is 1. The van der Waals surface area contributed by atoms with Crippen LogP contribution in [0.5, 0.6) is 0 Å². The van der Waals surface area contributed by atoms with E-state index in [0.29, 0.717) is 5.92 Å². The highest BCUT2D eigenvalue weighted by molar-refractivity contribution is 6.27. The summed E-state index contributed by atoms with van der Waals surface area (Å²) in [4.78, 5) is 11.2. The first-order valence-corrected chi connectivity index (χ1v) is 4.95. The predicted octanol–water partition coefficient (Wildman–Crippen LogP) is 1.59. The maximum absolute atomic E-state index is 11.2. The highest BCUT2D eigenvalue weighted by Gasteiger charge is 2.31. The molecule has 0 radical (unpaired) electrons. The van der Waals surface area contributed by atoms with Crippen molar-refractivity contribution in [1.82, 2.24) is 0 Å². The Morgan fingerprint density at radius 3 is 2.83 bits per heavy atom. The van der Waals surface area contributed by atoms with Crippen LogP contribution < -0.4 is 0 Å². The summed E-state index contributed by atoms with van der Waals surface area (Å²) in [5.41, 5.74) is 0. The van der Waals surface area contributed by atoms with Gasteiger partial charge in [-0.25, -0.2) is 0 Å². The van der Waals surface area contributed by atoms with Crippen LogP contribution in [0.4, 0.5) is 0 Å².